The Bertz CT molecular complexity index is 2340. The summed E-state index contributed by atoms with van der Waals surface area (Å²) in [5.41, 5.74) is 0.0805. The minimum Gasteiger partial charge on any atom is -0.481 e. The van der Waals surface area contributed by atoms with Crippen LogP contribution in [0.3, 0.4) is 0 Å². The third-order valence-electron chi connectivity index (χ3n) is 9.22. The van der Waals surface area contributed by atoms with E-state index in [1.54, 1.807) is 38.1 Å². The van der Waals surface area contributed by atoms with Gasteiger partial charge in [0.15, 0.2) is 10.6 Å². The van der Waals surface area contributed by atoms with E-state index < -0.39 is 72.8 Å². The summed E-state index contributed by atoms with van der Waals surface area (Å²) in [6.07, 6.45) is 6.27. The number of hydrogen-bond donors (Lipinski definition) is 5. The number of hydrogen-bond acceptors (Lipinski definition) is 10. The van der Waals surface area contributed by atoms with E-state index in [0.717, 1.165) is 6.07 Å². The molecule has 0 atom stereocenters. The molecule has 0 spiro atoms. The number of nitrogens with zero attached hydrogens (tertiary/aromatic N) is 2. The second-order valence-electron chi connectivity index (χ2n) is 13.6. The van der Waals surface area contributed by atoms with Crippen molar-refractivity contribution < 1.29 is 66.4 Å². The average Bonchev–Trinajstić information content (AvgIpc) is 3.32. The third kappa shape index (κ3) is 8.82. The molecule has 286 valence electrons. The molecular weight excluding hydrogens is 765 g/mol. The van der Waals surface area contributed by atoms with Gasteiger partial charge < -0.3 is 10.0 Å². The van der Waals surface area contributed by atoms with Crippen molar-refractivity contribution >= 4 is 63.5 Å². The molecule has 2 aromatic rings. The first-order valence-electron chi connectivity index (χ1n) is 15.9. The first-order valence-corrected chi connectivity index (χ1v) is 21.8. The number of benzene rings is 2. The summed E-state index contributed by atoms with van der Waals surface area (Å²) in [7, 11) is -19.1. The summed E-state index contributed by atoms with van der Waals surface area (Å²) in [6, 6.07) is 5.86. The number of carboxylic acid groups (broad SMARTS) is 1. The lowest BCUT2D eigenvalue weighted by atomic mass is 9.81. The minimum absolute atomic E-state index is 0.00617. The van der Waals surface area contributed by atoms with Crippen molar-refractivity contribution in [1.82, 2.24) is 0 Å². The van der Waals surface area contributed by atoms with Crippen molar-refractivity contribution in [3.05, 3.63) is 65.4 Å². The van der Waals surface area contributed by atoms with E-state index in [9.17, 15) is 56.7 Å². The van der Waals surface area contributed by atoms with E-state index in [1.165, 1.54) is 16.7 Å². The molecule has 16 nitrogen and oxygen atoms in total. The molecule has 0 radical (unpaired) electrons. The average molecular weight is 806 g/mol. The zero-order chi connectivity index (χ0) is 39.2. The van der Waals surface area contributed by atoms with Gasteiger partial charge in [-0.2, -0.15) is 38.2 Å². The van der Waals surface area contributed by atoms with E-state index in [1.807, 2.05) is 18.7 Å². The summed E-state index contributed by atoms with van der Waals surface area (Å²) in [5, 5.41) is 9.02. The molecule has 2 aromatic carbocycles. The molecule has 0 fully saturated rings. The van der Waals surface area contributed by atoms with Crippen molar-refractivity contribution in [3.8, 4) is 0 Å². The molecule has 0 aliphatic carbocycles. The number of fused-ring (bicyclic) bond motifs is 2. The van der Waals surface area contributed by atoms with Gasteiger partial charge in [0.25, 0.3) is 30.4 Å². The Hall–Kier alpha value is -3.50. The smallest absolute Gasteiger partial charge is 0.303 e. The maximum absolute atomic E-state index is 12.6. The van der Waals surface area contributed by atoms with Crippen molar-refractivity contribution in [1.29, 1.82) is 0 Å². The Labute approximate surface area is 303 Å². The molecule has 0 unspecified atom stereocenters. The Morgan fingerprint density at radius 3 is 1.94 bits per heavy atom. The second kappa shape index (κ2) is 14.4. The number of rotatable bonds is 15. The van der Waals surface area contributed by atoms with E-state index in [4.69, 9.17) is 5.11 Å². The van der Waals surface area contributed by atoms with E-state index in [2.05, 4.69) is 0 Å². The number of anilines is 1. The van der Waals surface area contributed by atoms with Crippen LogP contribution in [0, 0.1) is 0 Å². The van der Waals surface area contributed by atoms with E-state index in [0.29, 0.717) is 54.5 Å². The van der Waals surface area contributed by atoms with E-state index >= 15 is 0 Å². The molecule has 0 aromatic heterocycles. The molecular formula is C32H41N2O14S4+. The van der Waals surface area contributed by atoms with Crippen molar-refractivity contribution in [2.75, 3.05) is 23.7 Å². The highest BCUT2D eigenvalue weighted by Crippen LogP contribution is 2.49. The molecule has 2 aliphatic heterocycles. The molecule has 5 N–H and O–H groups in total. The normalized spacial score (nSPS) is 18.0. The Morgan fingerprint density at radius 2 is 1.38 bits per heavy atom. The van der Waals surface area contributed by atoms with Gasteiger partial charge in [-0.3, -0.25) is 23.0 Å². The zero-order valence-corrected chi connectivity index (χ0v) is 32.0. The molecule has 0 bridgehead atoms. The summed E-state index contributed by atoms with van der Waals surface area (Å²) >= 11 is 0. The fourth-order valence-electron chi connectivity index (χ4n) is 6.72. The number of allylic oxidation sites excluding steroid dienone is 4. The van der Waals surface area contributed by atoms with Gasteiger partial charge in [-0.15, -0.1) is 0 Å². The standard InChI is InChI=1S/C32H40N2O14S4/c1-31(2)23-18-21(50(40,41)42)13-14-25(23)33(15-7-5-6-12-29(35)36)27(31)10-8-11-28-32(3,4)24-19-22(51(43,44)45)20-26(52(46,47)48)30(24)34(28)16-9-17-49(37,38)39/h8,10-11,13-14,18-20H,5-7,9,12,15-17H2,1-4H3,(H4-,35,36,37,38,39,40,41,42,43,44,45,46,47,48)/p+1. The molecule has 20 heteroatoms. The first-order chi connectivity index (χ1) is 23.7. The van der Waals surface area contributed by atoms with Gasteiger partial charge in [-0.25, -0.2) is 0 Å². The lowest BCUT2D eigenvalue weighted by Gasteiger charge is -2.27. The SMILES string of the molecule is CC1(C)C(/C=C/C=C2/N(CCCCCC(=O)O)c3ccc(S(=O)(=O)O)cc3C2(C)C)=[N+](CCCS(=O)(=O)O)c2c1cc(S(=O)(=O)O)cc2S(=O)(=O)O. The van der Waals surface area contributed by atoms with Gasteiger partial charge in [0.1, 0.15) is 6.54 Å². The van der Waals surface area contributed by atoms with Crippen LogP contribution in [-0.2, 0) is 56.1 Å². The van der Waals surface area contributed by atoms with Crippen molar-refractivity contribution in [2.45, 2.75) is 85.3 Å². The molecule has 2 heterocycles. The molecule has 52 heavy (non-hydrogen) atoms. The predicted molar refractivity (Wildman–Crippen MR) is 190 cm³/mol. The van der Waals surface area contributed by atoms with Crippen LogP contribution in [0.5, 0.6) is 0 Å². The van der Waals surface area contributed by atoms with E-state index in [-0.39, 0.29) is 35.5 Å². The van der Waals surface area contributed by atoms with Crippen LogP contribution >= 0.6 is 0 Å². The fraction of sp³-hybridized carbons (Fsp3) is 0.438. The summed E-state index contributed by atoms with van der Waals surface area (Å²) < 4.78 is 137. The lowest BCUT2D eigenvalue weighted by Crippen LogP contribution is -2.29. The number of aliphatic carboxylic acids is 1. The highest BCUT2D eigenvalue weighted by Gasteiger charge is 2.48. The van der Waals surface area contributed by atoms with Gasteiger partial charge in [0.2, 0.25) is 5.69 Å². The van der Waals surface area contributed by atoms with Crippen LogP contribution in [0.4, 0.5) is 11.4 Å². The molecule has 0 saturated carbocycles. The number of carboxylic acids is 1. The monoisotopic (exact) mass is 805 g/mol. The van der Waals surface area contributed by atoms with Crippen LogP contribution in [0.1, 0.15) is 70.9 Å². The van der Waals surface area contributed by atoms with Crippen LogP contribution in [0.25, 0.3) is 0 Å². The Morgan fingerprint density at radius 1 is 0.769 bits per heavy atom. The minimum atomic E-state index is -5.12. The highest BCUT2D eigenvalue weighted by atomic mass is 32.2. The predicted octanol–water partition coefficient (Wildman–Crippen LogP) is 3.96. The molecule has 2 aliphatic rings. The molecule has 4 rings (SSSR count). The number of carbonyl (C=O) groups is 1. The van der Waals surface area contributed by atoms with Gasteiger partial charge in [0, 0.05) is 47.8 Å². The number of unbranched alkanes of at least 4 members (excludes halogenated alkanes) is 2. The van der Waals surface area contributed by atoms with Crippen LogP contribution < -0.4 is 4.90 Å². The van der Waals surface area contributed by atoms with Crippen molar-refractivity contribution in [2.24, 2.45) is 0 Å². The first kappa shape index (κ1) is 41.3. The summed E-state index contributed by atoms with van der Waals surface area (Å²) in [5.74, 6) is -1.63. The second-order valence-corrected chi connectivity index (χ2v) is 19.4. The molecule has 0 amide bonds. The summed E-state index contributed by atoms with van der Waals surface area (Å²) in [4.78, 5) is 11.0. The topological polar surface area (TPSA) is 261 Å². The largest absolute Gasteiger partial charge is 0.481 e. The van der Waals surface area contributed by atoms with Gasteiger partial charge in [0.05, 0.1) is 21.0 Å². The Kier molecular flexibility index (Phi) is 11.4. The van der Waals surface area contributed by atoms with Crippen molar-refractivity contribution in [3.63, 3.8) is 0 Å². The molecule has 0 saturated heterocycles. The fourth-order valence-corrected chi connectivity index (χ4v) is 9.07. The van der Waals surface area contributed by atoms with Crippen LogP contribution in [0.2, 0.25) is 0 Å². The quantitative estimate of drug-likeness (QED) is 0.0969. The highest BCUT2D eigenvalue weighted by molar-refractivity contribution is 7.87. The van der Waals surface area contributed by atoms with Crippen LogP contribution in [0.15, 0.2) is 68.9 Å². The zero-order valence-electron chi connectivity index (χ0n) is 28.7. The maximum atomic E-state index is 12.6. The maximum Gasteiger partial charge on any atom is 0.303 e. The lowest BCUT2D eigenvalue weighted by molar-refractivity contribution is -0.440. The summed E-state index contributed by atoms with van der Waals surface area (Å²) in [6.45, 7) is 7.12. The third-order valence-corrected chi connectivity index (χ3v) is 12.6. The van der Waals surface area contributed by atoms with Gasteiger partial charge in [-0.05, 0) is 68.7 Å². The van der Waals surface area contributed by atoms with Gasteiger partial charge in [-0.1, -0.05) is 26.3 Å². The van der Waals surface area contributed by atoms with Gasteiger partial charge >= 0.3 is 16.1 Å². The Balaban J connectivity index is 1.89. The van der Waals surface area contributed by atoms with Crippen LogP contribution in [-0.4, -0.2) is 92.1 Å².